The maximum Gasteiger partial charge on any atom is 0.338 e. The van der Waals surface area contributed by atoms with E-state index in [9.17, 15) is 9.59 Å². The zero-order chi connectivity index (χ0) is 19.1. The summed E-state index contributed by atoms with van der Waals surface area (Å²) in [4.78, 5) is 26.1. The van der Waals surface area contributed by atoms with Crippen LogP contribution in [0, 0.1) is 0 Å². The van der Waals surface area contributed by atoms with E-state index in [-0.39, 0.29) is 18.1 Å². The molecule has 142 valence electrons. The molecule has 1 aromatic carbocycles. The van der Waals surface area contributed by atoms with Gasteiger partial charge in [0.2, 0.25) is 0 Å². The zero-order valence-corrected chi connectivity index (χ0v) is 16.7. The molecule has 2 N–H and O–H groups in total. The van der Waals surface area contributed by atoms with Crippen molar-refractivity contribution in [2.75, 3.05) is 5.75 Å². The smallest absolute Gasteiger partial charge is 0.338 e. The Bertz CT molecular complexity index is 668. The molecular weight excluding hydrogens is 348 g/mol. The van der Waals surface area contributed by atoms with Crippen LogP contribution in [0.15, 0.2) is 40.4 Å². The number of unbranched alkanes of at least 4 members (excludes halogenated alkanes) is 1. The van der Waals surface area contributed by atoms with Crippen molar-refractivity contribution >= 4 is 23.8 Å². The molecule has 2 amide bonds. The minimum absolute atomic E-state index is 0.218. The molecule has 1 aliphatic rings. The maximum absolute atomic E-state index is 12.8. The van der Waals surface area contributed by atoms with Crippen molar-refractivity contribution in [3.8, 4) is 0 Å². The summed E-state index contributed by atoms with van der Waals surface area (Å²) in [5, 5.41) is 5.69. The van der Waals surface area contributed by atoms with Gasteiger partial charge in [0.05, 0.1) is 17.7 Å². The second kappa shape index (κ2) is 9.67. The molecule has 26 heavy (non-hydrogen) atoms. The molecule has 1 atom stereocenters. The first-order chi connectivity index (χ1) is 12.5. The Balaban J connectivity index is 2.41. The standard InChI is InChI=1S/C20H28N2O3S/c1-5-7-8-16-17(19(23)25-13(3)4)18(22-20(24)21-16)14-9-11-15(12-10-14)26-6-2/h9-13,18H,5-8H2,1-4H3,(H2,21,22,24). The lowest BCUT2D eigenvalue weighted by molar-refractivity contribution is -0.143. The lowest BCUT2D eigenvalue weighted by Crippen LogP contribution is -2.46. The summed E-state index contributed by atoms with van der Waals surface area (Å²) in [5.41, 5.74) is 2.05. The first kappa shape index (κ1) is 20.4. The van der Waals surface area contributed by atoms with Crippen molar-refractivity contribution in [3.63, 3.8) is 0 Å². The van der Waals surface area contributed by atoms with Gasteiger partial charge in [-0.3, -0.25) is 0 Å². The maximum atomic E-state index is 12.8. The summed E-state index contributed by atoms with van der Waals surface area (Å²) in [6.07, 6.45) is 2.30. The Hall–Kier alpha value is -1.95. The quantitative estimate of drug-likeness (QED) is 0.516. The number of carbonyl (C=O) groups is 2. The minimum atomic E-state index is -0.498. The number of hydrogen-bond acceptors (Lipinski definition) is 4. The molecule has 1 aromatic rings. The number of carbonyl (C=O) groups excluding carboxylic acids is 2. The van der Waals surface area contributed by atoms with E-state index in [0.29, 0.717) is 17.7 Å². The van der Waals surface area contributed by atoms with Crippen LogP contribution >= 0.6 is 11.8 Å². The van der Waals surface area contributed by atoms with Crippen molar-refractivity contribution in [2.45, 2.75) is 64.0 Å². The van der Waals surface area contributed by atoms with Crippen LogP contribution in [0.5, 0.6) is 0 Å². The van der Waals surface area contributed by atoms with Crippen molar-refractivity contribution in [1.82, 2.24) is 10.6 Å². The van der Waals surface area contributed by atoms with Gasteiger partial charge in [0, 0.05) is 10.6 Å². The molecule has 5 nitrogen and oxygen atoms in total. The van der Waals surface area contributed by atoms with Crippen LogP contribution in [-0.4, -0.2) is 23.9 Å². The molecule has 0 saturated heterocycles. The van der Waals surface area contributed by atoms with Gasteiger partial charge in [-0.1, -0.05) is 32.4 Å². The van der Waals surface area contributed by atoms with Gasteiger partial charge in [0.25, 0.3) is 0 Å². The van der Waals surface area contributed by atoms with E-state index in [1.165, 1.54) is 0 Å². The van der Waals surface area contributed by atoms with Gasteiger partial charge in [0.1, 0.15) is 0 Å². The fourth-order valence-corrected chi connectivity index (χ4v) is 3.52. The largest absolute Gasteiger partial charge is 0.459 e. The van der Waals surface area contributed by atoms with Gasteiger partial charge in [0.15, 0.2) is 0 Å². The summed E-state index contributed by atoms with van der Waals surface area (Å²) in [7, 11) is 0. The number of benzene rings is 1. The van der Waals surface area contributed by atoms with E-state index < -0.39 is 6.04 Å². The lowest BCUT2D eigenvalue weighted by atomic mass is 9.93. The summed E-state index contributed by atoms with van der Waals surface area (Å²) < 4.78 is 5.46. The van der Waals surface area contributed by atoms with Crippen molar-refractivity contribution in [1.29, 1.82) is 0 Å². The third-order valence-electron chi connectivity index (χ3n) is 4.02. The Morgan fingerprint density at radius 2 is 1.92 bits per heavy atom. The molecule has 0 aliphatic carbocycles. The fourth-order valence-electron chi connectivity index (χ4n) is 2.86. The van der Waals surface area contributed by atoms with E-state index in [1.807, 2.05) is 38.1 Å². The van der Waals surface area contributed by atoms with Gasteiger partial charge >= 0.3 is 12.0 Å². The molecule has 1 aliphatic heterocycles. The van der Waals surface area contributed by atoms with Crippen LogP contribution in [0.25, 0.3) is 0 Å². The molecule has 0 radical (unpaired) electrons. The fraction of sp³-hybridized carbons (Fsp3) is 0.500. The molecule has 1 heterocycles. The number of hydrogen-bond donors (Lipinski definition) is 2. The van der Waals surface area contributed by atoms with Gasteiger partial charge in [-0.2, -0.15) is 0 Å². The minimum Gasteiger partial charge on any atom is -0.459 e. The lowest BCUT2D eigenvalue weighted by Gasteiger charge is -2.30. The second-order valence-electron chi connectivity index (χ2n) is 6.48. The number of allylic oxidation sites excluding steroid dienone is 1. The molecule has 0 saturated carbocycles. The Morgan fingerprint density at radius 3 is 2.50 bits per heavy atom. The Labute approximate surface area is 160 Å². The van der Waals surface area contributed by atoms with Crippen molar-refractivity contribution in [3.05, 3.63) is 41.1 Å². The van der Waals surface area contributed by atoms with E-state index in [1.54, 1.807) is 11.8 Å². The number of esters is 1. The predicted molar refractivity (Wildman–Crippen MR) is 105 cm³/mol. The number of ether oxygens (including phenoxy) is 1. The second-order valence-corrected chi connectivity index (χ2v) is 7.82. The molecule has 0 aromatic heterocycles. The van der Waals surface area contributed by atoms with Crippen molar-refractivity contribution < 1.29 is 14.3 Å². The summed E-state index contributed by atoms with van der Waals surface area (Å²) in [5.74, 6) is 0.617. The molecule has 1 unspecified atom stereocenters. The van der Waals surface area contributed by atoms with E-state index in [4.69, 9.17) is 4.74 Å². The monoisotopic (exact) mass is 376 g/mol. The highest BCUT2D eigenvalue weighted by atomic mass is 32.2. The average Bonchev–Trinajstić information content (AvgIpc) is 2.59. The van der Waals surface area contributed by atoms with E-state index in [2.05, 4.69) is 24.5 Å². The number of nitrogens with one attached hydrogen (secondary N) is 2. The van der Waals surface area contributed by atoms with Crippen LogP contribution < -0.4 is 10.6 Å². The first-order valence-electron chi connectivity index (χ1n) is 9.20. The van der Waals surface area contributed by atoms with Crippen LogP contribution in [0.4, 0.5) is 4.79 Å². The Morgan fingerprint density at radius 1 is 1.23 bits per heavy atom. The Kier molecular flexibility index (Phi) is 7.57. The third-order valence-corrected chi connectivity index (χ3v) is 4.92. The molecule has 0 fully saturated rings. The van der Waals surface area contributed by atoms with Gasteiger partial charge in [-0.15, -0.1) is 11.8 Å². The highest BCUT2D eigenvalue weighted by Gasteiger charge is 2.33. The zero-order valence-electron chi connectivity index (χ0n) is 15.9. The predicted octanol–water partition coefficient (Wildman–Crippen LogP) is 4.55. The summed E-state index contributed by atoms with van der Waals surface area (Å²) in [6.45, 7) is 7.83. The summed E-state index contributed by atoms with van der Waals surface area (Å²) >= 11 is 1.76. The third kappa shape index (κ3) is 5.27. The number of amides is 2. The van der Waals surface area contributed by atoms with Crippen LogP contribution in [0.3, 0.4) is 0 Å². The van der Waals surface area contributed by atoms with Crippen molar-refractivity contribution in [2.24, 2.45) is 0 Å². The highest BCUT2D eigenvalue weighted by molar-refractivity contribution is 7.99. The molecule has 2 rings (SSSR count). The van der Waals surface area contributed by atoms with E-state index in [0.717, 1.165) is 29.1 Å². The topological polar surface area (TPSA) is 67.4 Å². The number of thioether (sulfide) groups is 1. The molecule has 0 spiro atoms. The first-order valence-corrected chi connectivity index (χ1v) is 10.2. The normalized spacial score (nSPS) is 17.1. The van der Waals surface area contributed by atoms with E-state index >= 15 is 0 Å². The van der Waals surface area contributed by atoms with Gasteiger partial charge in [-0.05, 0) is 50.1 Å². The van der Waals surface area contributed by atoms with Gasteiger partial charge < -0.3 is 15.4 Å². The van der Waals surface area contributed by atoms with Crippen LogP contribution in [0.1, 0.15) is 58.6 Å². The summed E-state index contributed by atoms with van der Waals surface area (Å²) in [6, 6.07) is 7.20. The van der Waals surface area contributed by atoms with Crippen LogP contribution in [-0.2, 0) is 9.53 Å². The molecule has 0 bridgehead atoms. The molecular formula is C20H28N2O3S. The SMILES string of the molecule is CCCCC1=C(C(=O)OC(C)C)C(c2ccc(SCC)cc2)NC(=O)N1. The number of rotatable bonds is 8. The van der Waals surface area contributed by atoms with Crippen LogP contribution in [0.2, 0.25) is 0 Å². The molecule has 6 heteroatoms. The highest BCUT2D eigenvalue weighted by Crippen LogP contribution is 2.31. The number of urea groups is 1. The van der Waals surface area contributed by atoms with Gasteiger partial charge in [-0.25, -0.2) is 9.59 Å². The average molecular weight is 377 g/mol.